The average molecular weight is 418 g/mol. The van der Waals surface area contributed by atoms with Crippen molar-refractivity contribution in [1.29, 1.82) is 21.0 Å². The molecule has 0 N–H and O–H groups in total. The number of hydrogen-bond donors (Lipinski definition) is 0. The second-order valence-electron chi connectivity index (χ2n) is 5.34. The lowest BCUT2D eigenvalue weighted by Crippen LogP contribution is -1.91. The average Bonchev–Trinajstić information content (AvgIpc) is 3.40. The molecule has 0 radical (unpaired) electrons. The predicted molar refractivity (Wildman–Crippen MR) is 105 cm³/mol. The summed E-state index contributed by atoms with van der Waals surface area (Å²) >= 11 is 3.39. The first-order valence-electron chi connectivity index (χ1n) is 7.51. The Bertz CT molecular complexity index is 1310. The van der Waals surface area contributed by atoms with E-state index in [1.165, 1.54) is 18.3 Å². The van der Waals surface area contributed by atoms with Crippen molar-refractivity contribution >= 4 is 46.1 Å². The van der Waals surface area contributed by atoms with Gasteiger partial charge in [-0.2, -0.15) is 21.0 Å². The van der Waals surface area contributed by atoms with Crippen LogP contribution in [-0.2, 0) is 0 Å². The number of nitriles is 4. The molecule has 0 atom stereocenters. The van der Waals surface area contributed by atoms with Crippen LogP contribution in [0.3, 0.4) is 0 Å². The summed E-state index contributed by atoms with van der Waals surface area (Å²) in [5, 5.41) is 37.5. The number of carbonyl (C=O) groups excluding carboxylic acids is 2. The van der Waals surface area contributed by atoms with Crippen LogP contribution in [-0.4, -0.2) is 12.1 Å². The number of nitrogens with zero attached hydrogens (tertiary/aromatic N) is 4. The van der Waals surface area contributed by atoms with E-state index >= 15 is 0 Å². The lowest BCUT2D eigenvalue weighted by molar-refractivity contribution is 0.102. The van der Waals surface area contributed by atoms with E-state index in [-0.39, 0.29) is 37.8 Å². The molecule has 0 saturated heterocycles. The van der Waals surface area contributed by atoms with Gasteiger partial charge in [-0.3, -0.25) is 9.59 Å². The molecule has 132 valence electrons. The Balaban J connectivity index is 2.20. The largest absolute Gasteiger partial charge is 0.297 e. The van der Waals surface area contributed by atoms with Gasteiger partial charge in [-0.15, -0.1) is 34.0 Å². The second-order valence-corrected chi connectivity index (χ2v) is 8.50. The summed E-state index contributed by atoms with van der Waals surface area (Å²) in [7, 11) is 0. The molecule has 0 aliphatic heterocycles. The highest BCUT2D eigenvalue weighted by Gasteiger charge is 2.24. The van der Waals surface area contributed by atoms with Gasteiger partial charge in [-0.05, 0) is 12.1 Å². The van der Waals surface area contributed by atoms with E-state index in [1.54, 1.807) is 12.1 Å². The van der Waals surface area contributed by atoms with Crippen LogP contribution in [0.25, 0.3) is 19.5 Å². The fraction of sp³-hybridized carbons (Fsp3) is 0.0526. The van der Waals surface area contributed by atoms with E-state index < -0.39 is 0 Å². The maximum atomic E-state index is 11.8. The molecular weight excluding hydrogens is 412 g/mol. The number of hydrogen-bond acceptors (Lipinski definition) is 9. The molecule has 3 rings (SSSR count). The fourth-order valence-electron chi connectivity index (χ4n) is 2.57. The monoisotopic (exact) mass is 418 g/mol. The van der Waals surface area contributed by atoms with Crippen molar-refractivity contribution in [3.63, 3.8) is 0 Å². The fourth-order valence-corrected chi connectivity index (χ4v) is 5.92. The van der Waals surface area contributed by atoms with Gasteiger partial charge >= 0.3 is 0 Å². The zero-order valence-corrected chi connectivity index (χ0v) is 16.5. The molecule has 0 saturated carbocycles. The van der Waals surface area contributed by atoms with Crippen LogP contribution in [0.5, 0.6) is 0 Å². The van der Waals surface area contributed by atoms with Gasteiger partial charge in [0.05, 0.1) is 41.8 Å². The highest BCUT2D eigenvalue weighted by atomic mass is 32.1. The summed E-state index contributed by atoms with van der Waals surface area (Å²) in [6.07, 6.45) is 0.549. The van der Waals surface area contributed by atoms with E-state index in [4.69, 9.17) is 0 Å². The molecule has 3 aromatic rings. The maximum Gasteiger partial charge on any atom is 0.171 e. The third-order valence-electron chi connectivity index (χ3n) is 3.77. The highest BCUT2D eigenvalue weighted by Crippen LogP contribution is 2.45. The molecule has 0 fully saturated rings. The Labute approximate surface area is 171 Å². The zero-order valence-electron chi connectivity index (χ0n) is 14.1. The first-order valence-corrected chi connectivity index (χ1v) is 9.96. The molecule has 0 bridgehead atoms. The van der Waals surface area contributed by atoms with Gasteiger partial charge in [-0.1, -0.05) is 0 Å². The summed E-state index contributed by atoms with van der Waals surface area (Å²) in [5.74, 6) is -0.291. The Hall–Kier alpha value is -3.60. The van der Waals surface area contributed by atoms with E-state index in [2.05, 4.69) is 0 Å². The third-order valence-corrected chi connectivity index (χ3v) is 7.62. The van der Waals surface area contributed by atoms with E-state index in [0.29, 0.717) is 25.8 Å². The van der Waals surface area contributed by atoms with E-state index in [0.717, 1.165) is 22.7 Å². The normalized spacial score (nSPS) is 9.75. The molecular formula is C19H6N4O2S3. The van der Waals surface area contributed by atoms with Crippen molar-refractivity contribution in [1.82, 2.24) is 0 Å². The van der Waals surface area contributed by atoms with Crippen molar-refractivity contribution < 1.29 is 9.59 Å². The standard InChI is InChI=1S/C19H6N4O2S3/c1-9(25)17-12(6-22)13(7-23)19(28-17)15-3-2-14(26-15)18-11(5-21)10(4-20)16(8-24)27-18/h2-3,8H,1H3. The minimum atomic E-state index is -0.291. The number of thiophene rings is 3. The topological polar surface area (TPSA) is 129 Å². The number of aldehydes is 1. The number of carbonyl (C=O) groups is 2. The highest BCUT2D eigenvalue weighted by molar-refractivity contribution is 7.27. The molecule has 3 heterocycles. The second kappa shape index (κ2) is 7.56. The molecule has 0 amide bonds. The van der Waals surface area contributed by atoms with Crippen LogP contribution in [0, 0.1) is 45.3 Å². The third kappa shape index (κ3) is 2.91. The molecule has 0 spiro atoms. The lowest BCUT2D eigenvalue weighted by Gasteiger charge is -1.94. The van der Waals surface area contributed by atoms with Crippen LogP contribution in [0.4, 0.5) is 0 Å². The maximum absolute atomic E-state index is 11.8. The first-order chi connectivity index (χ1) is 13.5. The molecule has 0 unspecified atom stereocenters. The SMILES string of the molecule is CC(=O)c1sc(-c2ccc(-c3sc(C=O)c(C#N)c3C#N)s2)c(C#N)c1C#N. The van der Waals surface area contributed by atoms with Crippen LogP contribution < -0.4 is 0 Å². The number of Topliss-reactive ketones (excluding diaryl/α,β-unsaturated/α-hetero) is 1. The molecule has 6 nitrogen and oxygen atoms in total. The minimum Gasteiger partial charge on any atom is -0.297 e. The zero-order chi connectivity index (χ0) is 20.4. The van der Waals surface area contributed by atoms with Crippen LogP contribution >= 0.6 is 34.0 Å². The summed E-state index contributed by atoms with van der Waals surface area (Å²) in [5.41, 5.74) is 0.390. The first kappa shape index (κ1) is 19.2. The molecule has 0 aromatic carbocycles. The quantitative estimate of drug-likeness (QED) is 0.446. The molecule has 0 aliphatic rings. The van der Waals surface area contributed by atoms with Gasteiger partial charge in [0.2, 0.25) is 0 Å². The summed E-state index contributed by atoms with van der Waals surface area (Å²) in [4.78, 5) is 25.7. The Morgan fingerprint density at radius 3 is 1.79 bits per heavy atom. The van der Waals surface area contributed by atoms with Crippen molar-refractivity contribution in [2.75, 3.05) is 0 Å². The molecule has 3 aromatic heterocycles. The van der Waals surface area contributed by atoms with Gasteiger partial charge in [0.15, 0.2) is 12.1 Å². The van der Waals surface area contributed by atoms with Crippen molar-refractivity contribution in [3.8, 4) is 43.8 Å². The van der Waals surface area contributed by atoms with Gasteiger partial charge in [-0.25, -0.2) is 0 Å². The van der Waals surface area contributed by atoms with Gasteiger partial charge < -0.3 is 0 Å². The van der Waals surface area contributed by atoms with Crippen LogP contribution in [0.1, 0.15) is 48.5 Å². The summed E-state index contributed by atoms with van der Waals surface area (Å²) < 4.78 is 0. The van der Waals surface area contributed by atoms with Gasteiger partial charge in [0, 0.05) is 16.7 Å². The van der Waals surface area contributed by atoms with Crippen molar-refractivity contribution in [2.24, 2.45) is 0 Å². The van der Waals surface area contributed by atoms with Gasteiger partial charge in [0.25, 0.3) is 0 Å². The number of ketones is 1. The number of rotatable bonds is 4. The smallest absolute Gasteiger partial charge is 0.171 e. The van der Waals surface area contributed by atoms with E-state index in [9.17, 15) is 30.6 Å². The van der Waals surface area contributed by atoms with Gasteiger partial charge in [0.1, 0.15) is 24.3 Å². The summed E-state index contributed by atoms with van der Waals surface area (Å²) in [6.45, 7) is 1.34. The van der Waals surface area contributed by atoms with E-state index in [1.807, 2.05) is 24.3 Å². The molecule has 0 aliphatic carbocycles. The van der Waals surface area contributed by atoms with Crippen molar-refractivity contribution in [2.45, 2.75) is 6.92 Å². The molecule has 9 heteroatoms. The Kier molecular flexibility index (Phi) is 5.18. The lowest BCUT2D eigenvalue weighted by atomic mass is 10.1. The Morgan fingerprint density at radius 2 is 1.32 bits per heavy atom. The Morgan fingerprint density at radius 1 is 0.821 bits per heavy atom. The predicted octanol–water partition coefficient (Wildman–Crippen LogP) is 4.71. The summed E-state index contributed by atoms with van der Waals surface area (Å²) in [6, 6.07) is 11.2. The minimum absolute atomic E-state index is 0.0481. The van der Waals surface area contributed by atoms with Crippen molar-refractivity contribution in [3.05, 3.63) is 44.1 Å². The molecule has 28 heavy (non-hydrogen) atoms. The van der Waals surface area contributed by atoms with Crippen LogP contribution in [0.15, 0.2) is 12.1 Å². The van der Waals surface area contributed by atoms with Crippen LogP contribution in [0.2, 0.25) is 0 Å².